The number of pyridine rings is 3. The van der Waals surface area contributed by atoms with Crippen LogP contribution in [0.1, 0.15) is 95.2 Å². The van der Waals surface area contributed by atoms with Crippen molar-refractivity contribution in [3.05, 3.63) is 183 Å². The molecule has 468 valence electrons. The first-order chi connectivity index (χ1) is 44.9. The Hall–Kier alpha value is -11.2. The first-order valence-corrected chi connectivity index (χ1v) is 30.0. The Morgan fingerprint density at radius 3 is 1.32 bits per heavy atom. The molecule has 0 bridgehead atoms. The Labute approximate surface area is 525 Å². The molecule has 12 heterocycles. The van der Waals surface area contributed by atoms with Crippen molar-refractivity contribution in [2.45, 2.75) is 81.8 Å². The molecule has 0 atom stereocenters. The molecular weight excluding hydrogens is 1170 g/mol. The minimum atomic E-state index is -0.384. The highest BCUT2D eigenvalue weighted by atomic mass is 16.5. The second-order valence-corrected chi connectivity index (χ2v) is 22.7. The molecule has 3 aliphatic rings. The van der Waals surface area contributed by atoms with Gasteiger partial charge in [0.2, 0.25) is 0 Å². The van der Waals surface area contributed by atoms with Gasteiger partial charge in [-0.15, -0.1) is 0 Å². The van der Waals surface area contributed by atoms with E-state index in [4.69, 9.17) is 28.2 Å². The van der Waals surface area contributed by atoms with Gasteiger partial charge < -0.3 is 43.9 Å². The highest BCUT2D eigenvalue weighted by Crippen LogP contribution is 2.40. The molecule has 12 aromatic heterocycles. The Morgan fingerprint density at radius 2 is 0.967 bits per heavy atom. The van der Waals surface area contributed by atoms with Crippen LogP contribution in [0.4, 0.5) is 17.1 Å². The van der Waals surface area contributed by atoms with Gasteiger partial charge in [0.1, 0.15) is 34.4 Å². The second kappa shape index (κ2) is 26.5. The van der Waals surface area contributed by atoms with E-state index in [1.807, 2.05) is 96.5 Å². The Bertz CT molecular complexity index is 4410. The van der Waals surface area contributed by atoms with Crippen molar-refractivity contribution in [1.82, 2.24) is 79.4 Å². The zero-order valence-corrected chi connectivity index (χ0v) is 50.6. The van der Waals surface area contributed by atoms with Crippen molar-refractivity contribution < 1.29 is 37.5 Å². The number of aliphatic hydroxyl groups excluding tert-OH is 1. The molecule has 0 radical (unpaired) electrons. The van der Waals surface area contributed by atoms with E-state index in [0.29, 0.717) is 100 Å². The molecule has 0 spiro atoms. The Balaban J connectivity index is 0.000000126. The van der Waals surface area contributed by atoms with Gasteiger partial charge >= 0.3 is 0 Å². The molecule has 6 N–H and O–H groups in total. The smallest absolute Gasteiger partial charge is 0.291 e. The summed E-state index contributed by atoms with van der Waals surface area (Å²) in [4.78, 5) is 54.0. The number of aromatic amines is 2. The number of H-pyrrole nitrogens is 2. The first-order valence-electron chi connectivity index (χ1n) is 30.0. The van der Waals surface area contributed by atoms with Gasteiger partial charge in [-0.2, -0.15) is 30.6 Å². The van der Waals surface area contributed by atoms with Gasteiger partial charge in [-0.05, 0) is 132 Å². The standard InChI is InChI=1S/C23H24N6O3.C22H23N7O2.C20H18N6O3/c1-3-31-17-10-16(11-17)29-14-19(22(27-29)18-6-4-5-9-24-18)26-23(30)21-8-7-20(32-21)15-12-25-28(2)13-15;1-28(2)15-9-16(10-15)29-13-18(21(27-29)17-5-3-4-8-23-17)26-22(30)20-7-6-19(31-20)14-11-24-25-12-14;27-14-7-13(8-14)26-11-16(19(25-26)15-3-1-2-6-21-15)24-20(28)18-5-4-17(29-18)12-9-22-23-10-12/h4-9,12-14,16-17H,3,10-11H2,1-2H3,(H,26,30);3-8,11-13,15-16H,9-10H2,1-2H3,(H,24,25)(H,26,30);1-6,9-11,13-14,27H,7-8H2,(H,22,23)(H,24,28). The van der Waals surface area contributed by atoms with E-state index < -0.39 is 0 Å². The summed E-state index contributed by atoms with van der Waals surface area (Å²) in [6.07, 6.45) is 25.9. The maximum Gasteiger partial charge on any atom is 0.291 e. The summed E-state index contributed by atoms with van der Waals surface area (Å²) in [5.74, 6) is 1.24. The summed E-state index contributed by atoms with van der Waals surface area (Å²) >= 11 is 0. The summed E-state index contributed by atoms with van der Waals surface area (Å²) in [7, 11) is 6.02. The third-order valence-electron chi connectivity index (χ3n) is 16.2. The second-order valence-electron chi connectivity index (χ2n) is 22.7. The van der Waals surface area contributed by atoms with Crippen LogP contribution in [-0.2, 0) is 11.8 Å². The molecule has 92 heavy (non-hydrogen) atoms. The highest BCUT2D eigenvalue weighted by molar-refractivity contribution is 6.06. The van der Waals surface area contributed by atoms with Gasteiger partial charge in [-0.3, -0.25) is 58.3 Å². The van der Waals surface area contributed by atoms with Crippen LogP contribution in [0.5, 0.6) is 0 Å². The summed E-state index contributed by atoms with van der Waals surface area (Å²) < 4.78 is 30.1. The molecule has 3 fully saturated rings. The van der Waals surface area contributed by atoms with E-state index in [0.717, 1.165) is 42.4 Å². The van der Waals surface area contributed by atoms with Crippen molar-refractivity contribution in [3.8, 4) is 68.1 Å². The number of aliphatic hydroxyl groups is 1. The number of amides is 3. The number of hydrogen-bond donors (Lipinski definition) is 6. The number of anilines is 3. The molecule has 3 aliphatic carbocycles. The number of nitrogens with one attached hydrogen (secondary N) is 5. The number of rotatable bonds is 18. The van der Waals surface area contributed by atoms with E-state index in [-0.39, 0.29) is 59.3 Å². The lowest BCUT2D eigenvalue weighted by Crippen LogP contribution is -2.41. The first kappa shape index (κ1) is 59.8. The van der Waals surface area contributed by atoms with Crippen molar-refractivity contribution in [2.75, 3.05) is 36.7 Å². The number of ether oxygens (including phenoxy) is 1. The van der Waals surface area contributed by atoms with Crippen LogP contribution < -0.4 is 16.0 Å². The third-order valence-corrected chi connectivity index (χ3v) is 16.2. The van der Waals surface area contributed by atoms with Crippen LogP contribution in [0.2, 0.25) is 0 Å². The van der Waals surface area contributed by atoms with Crippen molar-refractivity contribution in [1.29, 1.82) is 0 Å². The number of aryl methyl sites for hydroxylation is 1. The fourth-order valence-corrected chi connectivity index (χ4v) is 10.9. The van der Waals surface area contributed by atoms with Crippen molar-refractivity contribution in [3.63, 3.8) is 0 Å². The van der Waals surface area contributed by atoms with E-state index in [9.17, 15) is 19.5 Å². The van der Waals surface area contributed by atoms with Gasteiger partial charge in [-0.1, -0.05) is 18.2 Å². The molecule has 0 saturated heterocycles. The predicted molar refractivity (Wildman–Crippen MR) is 337 cm³/mol. The van der Waals surface area contributed by atoms with Crippen LogP contribution in [-0.4, -0.2) is 141 Å². The zero-order valence-electron chi connectivity index (χ0n) is 50.6. The van der Waals surface area contributed by atoms with Crippen LogP contribution >= 0.6 is 0 Å². The van der Waals surface area contributed by atoms with Crippen molar-refractivity contribution >= 4 is 34.8 Å². The lowest BCUT2D eigenvalue weighted by Gasteiger charge is -2.39. The summed E-state index contributed by atoms with van der Waals surface area (Å²) in [5.41, 5.74) is 7.97. The quantitative estimate of drug-likeness (QED) is 0.0465. The molecule has 15 rings (SSSR count). The van der Waals surface area contributed by atoms with E-state index in [1.165, 1.54) is 0 Å². The molecule has 0 unspecified atom stereocenters. The number of carbonyl (C=O) groups is 3. The molecule has 0 aromatic carbocycles. The zero-order chi connectivity index (χ0) is 63.2. The lowest BCUT2D eigenvalue weighted by molar-refractivity contribution is -0.0226. The van der Waals surface area contributed by atoms with Gasteiger partial charge in [0, 0.05) is 75.5 Å². The largest absolute Gasteiger partial charge is 0.451 e. The number of aromatic nitrogens is 15. The molecular formula is C65H65N19O8. The lowest BCUT2D eigenvalue weighted by atomic mass is 9.86. The monoisotopic (exact) mass is 1240 g/mol. The van der Waals surface area contributed by atoms with E-state index in [1.54, 1.807) is 102 Å². The van der Waals surface area contributed by atoms with Gasteiger partial charge in [-0.25, -0.2) is 0 Å². The normalized spacial score (nSPS) is 18.1. The van der Waals surface area contributed by atoms with E-state index in [2.05, 4.69) is 80.5 Å². The number of nitrogens with zero attached hydrogens (tertiary/aromatic N) is 14. The minimum absolute atomic E-state index is 0.106. The van der Waals surface area contributed by atoms with Crippen LogP contribution in [0, 0.1) is 0 Å². The maximum atomic E-state index is 12.9. The molecule has 27 heteroatoms. The Morgan fingerprint density at radius 1 is 0.554 bits per heavy atom. The summed E-state index contributed by atoms with van der Waals surface area (Å²) in [6.45, 7) is 2.71. The van der Waals surface area contributed by atoms with E-state index >= 15 is 0 Å². The number of hydrogen-bond acceptors (Lipinski definition) is 18. The number of carbonyl (C=O) groups excluding carboxylic acids is 3. The van der Waals surface area contributed by atoms with Gasteiger partial charge in [0.15, 0.2) is 17.3 Å². The SMILES string of the molecule is CCOC1CC(n2cc(NC(=O)c3ccc(-c4cnn(C)c4)o3)c(-c3ccccn3)n2)C1.CN(C)C1CC(n2cc(NC(=O)c3ccc(-c4cn[nH]c4)o3)c(-c3ccccn3)n2)C1.O=C(Nc1cn(C2CC(O)C2)nc1-c1ccccn1)c1ccc(-c2cn[nH]c2)o1. The molecule has 0 aliphatic heterocycles. The molecule has 3 amide bonds. The average molecular weight is 1240 g/mol. The van der Waals surface area contributed by atoms with Crippen LogP contribution in [0.25, 0.3) is 68.1 Å². The summed E-state index contributed by atoms with van der Waals surface area (Å²) in [5, 5.41) is 49.9. The van der Waals surface area contributed by atoms with Gasteiger partial charge in [0.05, 0.1) is 99.8 Å². The van der Waals surface area contributed by atoms with Crippen LogP contribution in [0.3, 0.4) is 0 Å². The van der Waals surface area contributed by atoms with Gasteiger partial charge in [0.25, 0.3) is 17.7 Å². The average Bonchev–Trinajstić information content (AvgIpc) is 1.75. The predicted octanol–water partition coefficient (Wildman–Crippen LogP) is 10.3. The number of furan rings is 3. The fourth-order valence-electron chi connectivity index (χ4n) is 10.9. The Kier molecular flexibility index (Phi) is 17.2. The topological polar surface area (TPSA) is 327 Å². The third kappa shape index (κ3) is 13.3. The molecule has 27 nitrogen and oxygen atoms in total. The van der Waals surface area contributed by atoms with Crippen LogP contribution in [0.15, 0.2) is 179 Å². The minimum Gasteiger partial charge on any atom is -0.451 e. The maximum absolute atomic E-state index is 12.9. The highest BCUT2D eigenvalue weighted by Gasteiger charge is 2.35. The fraction of sp³-hybridized carbons (Fsp3) is 0.262. The molecule has 3 saturated carbocycles. The molecule has 12 aromatic rings. The summed E-state index contributed by atoms with van der Waals surface area (Å²) in [6, 6.07) is 28.1. The van der Waals surface area contributed by atoms with Crippen molar-refractivity contribution in [2.24, 2.45) is 7.05 Å².